The summed E-state index contributed by atoms with van der Waals surface area (Å²) >= 11 is 0. The fourth-order valence-corrected chi connectivity index (χ4v) is 4.20. The molecule has 2 N–H and O–H groups in total. The Bertz CT molecular complexity index is 1080. The van der Waals surface area contributed by atoms with Gasteiger partial charge >= 0.3 is 0 Å². The Morgan fingerprint density at radius 1 is 0.735 bits per heavy atom. The largest absolute Gasteiger partial charge is 0.402 e. The zero-order valence-corrected chi connectivity index (χ0v) is 19.4. The average Bonchev–Trinajstić information content (AvgIpc) is 2.87. The van der Waals surface area contributed by atoms with Crippen molar-refractivity contribution >= 4 is 5.78 Å². The number of nitrogens with two attached hydrogens (primary N) is 1. The van der Waals surface area contributed by atoms with E-state index in [1.807, 2.05) is 91.0 Å². The first-order valence-electron chi connectivity index (χ1n) is 11.6. The van der Waals surface area contributed by atoms with Gasteiger partial charge in [0.15, 0.2) is 5.78 Å². The van der Waals surface area contributed by atoms with Crippen LogP contribution in [0.1, 0.15) is 30.0 Å². The Hall–Kier alpha value is -3.25. The molecule has 0 saturated heterocycles. The van der Waals surface area contributed by atoms with Crippen molar-refractivity contribution in [2.24, 2.45) is 5.73 Å². The molecular formula is C29H31NO4. The summed E-state index contributed by atoms with van der Waals surface area (Å²) in [6.45, 7) is 2.85. The van der Waals surface area contributed by atoms with Gasteiger partial charge in [0.2, 0.25) is 0 Å². The minimum atomic E-state index is -0.629. The third-order valence-corrected chi connectivity index (χ3v) is 5.93. The molecule has 3 aromatic carbocycles. The number of carbonyl (C=O) groups excluding carboxylic acids is 1. The van der Waals surface area contributed by atoms with Gasteiger partial charge in [-0.15, -0.1) is 0 Å². The molecule has 5 heteroatoms. The van der Waals surface area contributed by atoms with Crippen molar-refractivity contribution in [3.63, 3.8) is 0 Å². The van der Waals surface area contributed by atoms with Gasteiger partial charge in [0.25, 0.3) is 0 Å². The van der Waals surface area contributed by atoms with Gasteiger partial charge in [-0.1, -0.05) is 91.0 Å². The zero-order chi connectivity index (χ0) is 23.8. The summed E-state index contributed by atoms with van der Waals surface area (Å²) in [6, 6.07) is 29.7. The van der Waals surface area contributed by atoms with Gasteiger partial charge in [-0.2, -0.15) is 0 Å². The molecule has 3 atom stereocenters. The van der Waals surface area contributed by atoms with Crippen LogP contribution in [0.4, 0.5) is 0 Å². The van der Waals surface area contributed by atoms with Crippen molar-refractivity contribution < 1.29 is 19.0 Å². The first-order valence-corrected chi connectivity index (χ1v) is 11.6. The summed E-state index contributed by atoms with van der Waals surface area (Å²) in [4.78, 5) is 13.1. The normalized spacial score (nSPS) is 21.9. The molecule has 0 aliphatic heterocycles. The number of ether oxygens (including phenoxy) is 3. The van der Waals surface area contributed by atoms with E-state index in [0.717, 1.165) is 16.7 Å². The lowest BCUT2D eigenvalue weighted by Gasteiger charge is -2.39. The van der Waals surface area contributed by atoms with Crippen molar-refractivity contribution in [3.8, 4) is 0 Å². The smallest absolute Gasteiger partial charge is 0.165 e. The maximum Gasteiger partial charge on any atom is 0.165 e. The molecule has 1 aliphatic rings. The van der Waals surface area contributed by atoms with Crippen LogP contribution in [-0.4, -0.2) is 24.1 Å². The van der Waals surface area contributed by atoms with E-state index in [0.29, 0.717) is 31.1 Å². The van der Waals surface area contributed by atoms with Gasteiger partial charge in [-0.05, 0) is 23.6 Å². The minimum Gasteiger partial charge on any atom is -0.402 e. The lowest BCUT2D eigenvalue weighted by molar-refractivity contribution is -0.162. The van der Waals surface area contributed by atoms with Gasteiger partial charge in [-0.25, -0.2) is 0 Å². The second-order valence-corrected chi connectivity index (χ2v) is 8.54. The third kappa shape index (κ3) is 6.20. The number of carbonyl (C=O) groups is 1. The molecule has 0 unspecified atom stereocenters. The third-order valence-electron chi connectivity index (χ3n) is 5.93. The van der Waals surface area contributed by atoms with E-state index in [4.69, 9.17) is 19.9 Å². The number of rotatable bonds is 9. The number of hydrogen-bond acceptors (Lipinski definition) is 5. The van der Waals surface area contributed by atoms with Crippen LogP contribution in [0.15, 0.2) is 102 Å². The van der Waals surface area contributed by atoms with Crippen LogP contribution in [0.5, 0.6) is 0 Å². The van der Waals surface area contributed by atoms with E-state index >= 15 is 0 Å². The van der Waals surface area contributed by atoms with E-state index in [2.05, 4.69) is 0 Å². The van der Waals surface area contributed by atoms with Crippen molar-refractivity contribution in [1.29, 1.82) is 0 Å². The van der Waals surface area contributed by atoms with Crippen LogP contribution >= 0.6 is 0 Å². The highest BCUT2D eigenvalue weighted by molar-refractivity contribution is 5.98. The van der Waals surface area contributed by atoms with Crippen LogP contribution in [0.2, 0.25) is 0 Å². The lowest BCUT2D eigenvalue weighted by atomic mass is 9.84. The van der Waals surface area contributed by atoms with Crippen molar-refractivity contribution in [3.05, 3.63) is 119 Å². The molecule has 3 aromatic rings. The molecule has 0 aromatic heterocycles. The predicted octanol–water partition coefficient (Wildman–Crippen LogP) is 4.95. The Morgan fingerprint density at radius 2 is 1.18 bits per heavy atom. The molecule has 4 rings (SSSR count). The van der Waals surface area contributed by atoms with E-state index < -0.39 is 18.3 Å². The first kappa shape index (κ1) is 23.9. The van der Waals surface area contributed by atoms with E-state index in [1.54, 1.807) is 6.92 Å². The minimum absolute atomic E-state index is 0.0596. The monoisotopic (exact) mass is 457 g/mol. The first-order chi connectivity index (χ1) is 16.6. The average molecular weight is 458 g/mol. The van der Waals surface area contributed by atoms with Crippen LogP contribution < -0.4 is 5.73 Å². The van der Waals surface area contributed by atoms with Gasteiger partial charge < -0.3 is 19.9 Å². The Labute approximate surface area is 201 Å². The Morgan fingerprint density at radius 3 is 1.65 bits per heavy atom. The van der Waals surface area contributed by atoms with E-state index in [-0.39, 0.29) is 12.2 Å². The highest BCUT2D eigenvalue weighted by Gasteiger charge is 2.44. The summed E-state index contributed by atoms with van der Waals surface area (Å²) in [5, 5.41) is 0. The molecule has 5 nitrogen and oxygen atoms in total. The lowest BCUT2D eigenvalue weighted by Crippen LogP contribution is -2.51. The van der Waals surface area contributed by atoms with Crippen molar-refractivity contribution in [1.82, 2.24) is 0 Å². The van der Waals surface area contributed by atoms with Crippen LogP contribution in [0, 0.1) is 0 Å². The molecule has 0 bridgehead atoms. The molecule has 1 aliphatic carbocycles. The summed E-state index contributed by atoms with van der Waals surface area (Å²) < 4.78 is 19.0. The van der Waals surface area contributed by atoms with Gasteiger partial charge in [-0.3, -0.25) is 4.79 Å². The Kier molecular flexibility index (Phi) is 8.26. The molecule has 0 heterocycles. The fraction of sp³-hybridized carbons (Fsp3) is 0.276. The second-order valence-electron chi connectivity index (χ2n) is 8.54. The summed E-state index contributed by atoms with van der Waals surface area (Å²) in [7, 11) is 0. The standard InChI is InChI=1S/C29H31NO4/c1-21(30)27-25(31)17-26(32-18-22-11-5-2-6-12-22)28(33-19-23-13-7-3-8-14-23)29(27)34-20-24-15-9-4-10-16-24/h2-16,26,28-29H,17-20,30H2,1H3/b27-21-/t26-,28+,29+/m1/s1. The molecule has 0 amide bonds. The quantitative estimate of drug-likeness (QED) is 0.461. The van der Waals surface area contributed by atoms with E-state index in [1.165, 1.54) is 0 Å². The summed E-state index contributed by atoms with van der Waals surface area (Å²) in [5.74, 6) is -0.0596. The maximum absolute atomic E-state index is 13.1. The predicted molar refractivity (Wildman–Crippen MR) is 132 cm³/mol. The number of Topliss-reactive ketones (excluding diaryl/α,β-unsaturated/α-hetero) is 1. The SMILES string of the molecule is C/C(N)=C1\C(=O)C[C@@H](OCc2ccccc2)[C@H](OCc2ccccc2)[C@H]1OCc1ccccc1. The molecule has 1 fully saturated rings. The number of benzene rings is 3. The number of hydrogen-bond donors (Lipinski definition) is 1. The highest BCUT2D eigenvalue weighted by atomic mass is 16.6. The molecular weight excluding hydrogens is 426 g/mol. The summed E-state index contributed by atoms with van der Waals surface area (Å²) in [6.07, 6.45) is -1.38. The van der Waals surface area contributed by atoms with Gasteiger partial charge in [0.1, 0.15) is 12.2 Å². The topological polar surface area (TPSA) is 70.8 Å². The van der Waals surface area contributed by atoms with E-state index in [9.17, 15) is 4.79 Å². The second kappa shape index (κ2) is 11.7. The van der Waals surface area contributed by atoms with Crippen molar-refractivity contribution in [2.45, 2.75) is 51.5 Å². The van der Waals surface area contributed by atoms with Crippen LogP contribution in [0.25, 0.3) is 0 Å². The molecule has 1 saturated carbocycles. The maximum atomic E-state index is 13.1. The highest BCUT2D eigenvalue weighted by Crippen LogP contribution is 2.32. The Balaban J connectivity index is 1.59. The molecule has 0 radical (unpaired) electrons. The molecule has 176 valence electrons. The van der Waals surface area contributed by atoms with Crippen LogP contribution in [0.3, 0.4) is 0 Å². The fourth-order valence-electron chi connectivity index (χ4n) is 4.20. The van der Waals surface area contributed by atoms with Gasteiger partial charge in [0, 0.05) is 17.7 Å². The summed E-state index contributed by atoms with van der Waals surface area (Å²) in [5.41, 5.74) is 10.2. The van der Waals surface area contributed by atoms with Gasteiger partial charge in [0.05, 0.1) is 25.9 Å². The van der Waals surface area contributed by atoms with Crippen LogP contribution in [-0.2, 0) is 38.8 Å². The molecule has 34 heavy (non-hydrogen) atoms. The zero-order valence-electron chi connectivity index (χ0n) is 19.4. The molecule has 0 spiro atoms. The van der Waals surface area contributed by atoms with Crippen molar-refractivity contribution in [2.75, 3.05) is 0 Å². The number of ketones is 1. The number of allylic oxidation sites excluding steroid dienone is 1.